The Morgan fingerprint density at radius 3 is 2.42 bits per heavy atom. The second-order valence-electron chi connectivity index (χ2n) is 2.58. The molecule has 0 unspecified atom stereocenters. The van der Waals surface area contributed by atoms with Gasteiger partial charge in [-0.05, 0) is 5.56 Å². The van der Waals surface area contributed by atoms with Gasteiger partial charge in [0.1, 0.15) is 0 Å². The molecule has 0 spiro atoms. The molecule has 0 aliphatic rings. The van der Waals surface area contributed by atoms with E-state index in [0.29, 0.717) is 0 Å². The van der Waals surface area contributed by atoms with Crippen LogP contribution in [0.5, 0.6) is 0 Å². The Labute approximate surface area is 74.7 Å². The summed E-state index contributed by atoms with van der Waals surface area (Å²) in [5.41, 5.74) is 0.931. The van der Waals surface area contributed by atoms with Crippen molar-refractivity contribution in [3.63, 3.8) is 0 Å². The van der Waals surface area contributed by atoms with Crippen molar-refractivity contribution in [2.45, 2.75) is 5.25 Å². The first-order chi connectivity index (χ1) is 5.75. The highest BCUT2D eigenvalue weighted by Gasteiger charge is 2.12. The van der Waals surface area contributed by atoms with Crippen molar-refractivity contribution < 1.29 is 9.32 Å². The topological polar surface area (TPSA) is 37.3 Å². The molecule has 0 aromatic heterocycles. The minimum absolute atomic E-state index is 0.0624. The Morgan fingerprint density at radius 1 is 1.42 bits per heavy atom. The summed E-state index contributed by atoms with van der Waals surface area (Å²) in [4.78, 5) is 0. The smallest absolute Gasteiger partial charge is 0.0825 e. The summed E-state index contributed by atoms with van der Waals surface area (Å²) in [5.74, 6) is 0. The van der Waals surface area contributed by atoms with Crippen LogP contribution < -0.4 is 0 Å². The number of aliphatic hydroxyl groups is 1. The third-order valence-corrected chi connectivity index (χ3v) is 2.96. The molecule has 0 radical (unpaired) electrons. The Kier molecular flexibility index (Phi) is 3.44. The van der Waals surface area contributed by atoms with Crippen LogP contribution in [0.4, 0.5) is 0 Å². The highest BCUT2D eigenvalue weighted by Crippen LogP contribution is 2.17. The SMILES string of the molecule is C[S@](=O)[C@@H](CO)c1ccccc1. The van der Waals surface area contributed by atoms with Crippen LogP contribution in [0.3, 0.4) is 0 Å². The zero-order valence-electron chi connectivity index (χ0n) is 6.93. The molecule has 1 N–H and O–H groups in total. The van der Waals surface area contributed by atoms with E-state index >= 15 is 0 Å². The maximum atomic E-state index is 11.1. The van der Waals surface area contributed by atoms with Crippen molar-refractivity contribution in [3.8, 4) is 0 Å². The second kappa shape index (κ2) is 4.38. The first-order valence-corrected chi connectivity index (χ1v) is 5.36. The Bertz CT molecular complexity index is 258. The molecule has 1 aromatic carbocycles. The first kappa shape index (κ1) is 9.42. The van der Waals surface area contributed by atoms with Gasteiger partial charge in [0.05, 0.1) is 11.9 Å². The third kappa shape index (κ3) is 2.16. The molecule has 0 aliphatic carbocycles. The van der Waals surface area contributed by atoms with E-state index in [9.17, 15) is 4.21 Å². The normalized spacial score (nSPS) is 15.5. The molecule has 66 valence electrons. The summed E-state index contributed by atoms with van der Waals surface area (Å²) in [5, 5.41) is 8.71. The van der Waals surface area contributed by atoms with E-state index in [0.717, 1.165) is 5.56 Å². The number of rotatable bonds is 3. The van der Waals surface area contributed by atoms with Crippen LogP contribution in [-0.2, 0) is 10.8 Å². The molecular formula is C9H12O2S. The minimum Gasteiger partial charge on any atom is -0.395 e. The number of hydrogen-bond donors (Lipinski definition) is 1. The Balaban J connectivity index is 2.88. The van der Waals surface area contributed by atoms with Crippen LogP contribution in [-0.4, -0.2) is 22.2 Å². The van der Waals surface area contributed by atoms with Crippen LogP contribution in [0.15, 0.2) is 30.3 Å². The molecule has 0 fully saturated rings. The van der Waals surface area contributed by atoms with Gasteiger partial charge < -0.3 is 5.11 Å². The molecule has 0 heterocycles. The van der Waals surface area contributed by atoms with Crippen LogP contribution in [0.2, 0.25) is 0 Å². The summed E-state index contributed by atoms with van der Waals surface area (Å²) in [6.45, 7) is -0.0624. The maximum absolute atomic E-state index is 11.1. The summed E-state index contributed by atoms with van der Waals surface area (Å²) in [7, 11) is -1.00. The van der Waals surface area contributed by atoms with Crippen LogP contribution in [0.25, 0.3) is 0 Å². The molecule has 0 aliphatic heterocycles. The Morgan fingerprint density at radius 2 is 2.00 bits per heavy atom. The molecule has 0 saturated heterocycles. The van der Waals surface area contributed by atoms with Gasteiger partial charge in [0.2, 0.25) is 0 Å². The fourth-order valence-corrected chi connectivity index (χ4v) is 1.82. The van der Waals surface area contributed by atoms with Gasteiger partial charge in [-0.1, -0.05) is 30.3 Å². The molecule has 1 rings (SSSR count). The highest BCUT2D eigenvalue weighted by atomic mass is 32.2. The monoisotopic (exact) mass is 184 g/mol. The number of hydrogen-bond acceptors (Lipinski definition) is 2. The molecular weight excluding hydrogens is 172 g/mol. The van der Waals surface area contributed by atoms with E-state index in [4.69, 9.17) is 5.11 Å². The van der Waals surface area contributed by atoms with Gasteiger partial charge >= 0.3 is 0 Å². The van der Waals surface area contributed by atoms with Crippen LogP contribution in [0, 0.1) is 0 Å². The van der Waals surface area contributed by atoms with Crippen molar-refractivity contribution >= 4 is 10.8 Å². The molecule has 0 saturated carbocycles. The third-order valence-electron chi connectivity index (χ3n) is 1.74. The molecule has 3 heteroatoms. The predicted molar refractivity (Wildman–Crippen MR) is 50.3 cm³/mol. The molecule has 2 atom stereocenters. The zero-order chi connectivity index (χ0) is 8.97. The van der Waals surface area contributed by atoms with Crippen molar-refractivity contribution in [2.75, 3.05) is 12.9 Å². The first-order valence-electron chi connectivity index (χ1n) is 3.73. The van der Waals surface area contributed by atoms with Gasteiger partial charge in [-0.25, -0.2) is 0 Å². The summed E-state index contributed by atoms with van der Waals surface area (Å²) in [6, 6.07) is 9.41. The van der Waals surface area contributed by atoms with Gasteiger partial charge in [-0.15, -0.1) is 0 Å². The molecule has 0 amide bonds. The van der Waals surface area contributed by atoms with E-state index in [1.807, 2.05) is 30.3 Å². The van der Waals surface area contributed by atoms with Crippen LogP contribution in [0.1, 0.15) is 10.8 Å². The number of aliphatic hydroxyl groups excluding tert-OH is 1. The van der Waals surface area contributed by atoms with Crippen molar-refractivity contribution in [2.24, 2.45) is 0 Å². The lowest BCUT2D eigenvalue weighted by Gasteiger charge is -2.10. The van der Waals surface area contributed by atoms with E-state index in [-0.39, 0.29) is 11.9 Å². The minimum atomic E-state index is -1.00. The van der Waals surface area contributed by atoms with Gasteiger partial charge in [0.15, 0.2) is 0 Å². The average Bonchev–Trinajstić information content (AvgIpc) is 2.07. The molecule has 0 bridgehead atoms. The van der Waals surface area contributed by atoms with E-state index < -0.39 is 10.8 Å². The van der Waals surface area contributed by atoms with Crippen LogP contribution >= 0.6 is 0 Å². The maximum Gasteiger partial charge on any atom is 0.0825 e. The van der Waals surface area contributed by atoms with Crippen molar-refractivity contribution in [1.82, 2.24) is 0 Å². The largest absolute Gasteiger partial charge is 0.395 e. The zero-order valence-corrected chi connectivity index (χ0v) is 7.75. The van der Waals surface area contributed by atoms with Gasteiger partial charge in [-0.2, -0.15) is 0 Å². The standard InChI is InChI=1S/C9H12O2S/c1-12(11)9(7-10)8-5-3-2-4-6-8/h2-6,9-10H,7H2,1H3/t9-,12-/m0/s1. The van der Waals surface area contributed by atoms with Crippen molar-refractivity contribution in [3.05, 3.63) is 35.9 Å². The van der Waals surface area contributed by atoms with Crippen molar-refractivity contribution in [1.29, 1.82) is 0 Å². The second-order valence-corrected chi connectivity index (χ2v) is 4.15. The lowest BCUT2D eigenvalue weighted by molar-refractivity contribution is 0.294. The summed E-state index contributed by atoms with van der Waals surface area (Å²) >= 11 is 0. The fourth-order valence-electron chi connectivity index (χ4n) is 1.07. The Hall–Kier alpha value is -0.670. The van der Waals surface area contributed by atoms with Gasteiger partial charge in [0.25, 0.3) is 0 Å². The lowest BCUT2D eigenvalue weighted by atomic mass is 10.2. The summed E-state index contributed by atoms with van der Waals surface area (Å²) in [6.07, 6.45) is 1.61. The summed E-state index contributed by atoms with van der Waals surface area (Å²) < 4.78 is 11.1. The highest BCUT2D eigenvalue weighted by molar-refractivity contribution is 7.84. The fraction of sp³-hybridized carbons (Fsp3) is 0.333. The van der Waals surface area contributed by atoms with E-state index in [1.165, 1.54) is 0 Å². The van der Waals surface area contributed by atoms with Gasteiger partial charge in [-0.3, -0.25) is 4.21 Å². The predicted octanol–water partition coefficient (Wildman–Crippen LogP) is 1.10. The molecule has 2 nitrogen and oxygen atoms in total. The molecule has 12 heavy (non-hydrogen) atoms. The average molecular weight is 184 g/mol. The van der Waals surface area contributed by atoms with E-state index in [1.54, 1.807) is 6.26 Å². The quantitative estimate of drug-likeness (QED) is 0.763. The lowest BCUT2D eigenvalue weighted by Crippen LogP contribution is -2.09. The van der Waals surface area contributed by atoms with E-state index in [2.05, 4.69) is 0 Å². The molecule has 1 aromatic rings. The number of benzene rings is 1. The van der Waals surface area contributed by atoms with Gasteiger partial charge in [0, 0.05) is 17.1 Å².